The second-order valence-electron chi connectivity index (χ2n) is 7.05. The normalized spacial score (nSPS) is 16.0. The van der Waals surface area contributed by atoms with Crippen molar-refractivity contribution in [2.45, 2.75) is 19.1 Å². The fourth-order valence-corrected chi connectivity index (χ4v) is 3.44. The highest BCUT2D eigenvalue weighted by atomic mass is 16.5. The number of carbonyl (C=O) groups excluding carboxylic acids is 1. The summed E-state index contributed by atoms with van der Waals surface area (Å²) in [6.07, 6.45) is 0.962. The van der Waals surface area contributed by atoms with Crippen LogP contribution in [-0.4, -0.2) is 29.9 Å². The number of anilines is 1. The summed E-state index contributed by atoms with van der Waals surface area (Å²) in [4.78, 5) is 14.7. The summed E-state index contributed by atoms with van der Waals surface area (Å²) >= 11 is 0. The molecule has 0 aromatic heterocycles. The van der Waals surface area contributed by atoms with Crippen LogP contribution in [0.25, 0.3) is 0 Å². The second kappa shape index (κ2) is 8.61. The summed E-state index contributed by atoms with van der Waals surface area (Å²) < 4.78 is 5.76. The first-order valence-electron chi connectivity index (χ1n) is 9.65. The van der Waals surface area contributed by atoms with Crippen molar-refractivity contribution < 1.29 is 9.53 Å². The lowest BCUT2D eigenvalue weighted by molar-refractivity contribution is 0.0791. The van der Waals surface area contributed by atoms with Crippen LogP contribution in [0.4, 0.5) is 5.69 Å². The number of para-hydroxylation sites is 2. The maximum atomic E-state index is 12.8. The second-order valence-corrected chi connectivity index (χ2v) is 7.05. The molecule has 1 fully saturated rings. The van der Waals surface area contributed by atoms with Crippen LogP contribution in [-0.2, 0) is 6.61 Å². The number of rotatable bonds is 6. The van der Waals surface area contributed by atoms with Gasteiger partial charge in [0.2, 0.25) is 0 Å². The van der Waals surface area contributed by atoms with Gasteiger partial charge in [0, 0.05) is 30.4 Å². The van der Waals surface area contributed by atoms with Crippen LogP contribution in [0.15, 0.2) is 84.9 Å². The van der Waals surface area contributed by atoms with Gasteiger partial charge in [-0.25, -0.2) is 0 Å². The zero-order valence-electron chi connectivity index (χ0n) is 15.8. The first kappa shape index (κ1) is 18.1. The standard InChI is InChI=1S/C24H24N2O2/c27-24(26-16-15-22(17-26)25-21-7-3-1-4-8-21)20-13-11-19(12-14-20)18-28-23-9-5-2-6-10-23/h1-14,22,25H,15-18H2. The predicted octanol–water partition coefficient (Wildman–Crippen LogP) is 4.59. The van der Waals surface area contributed by atoms with Gasteiger partial charge in [-0.3, -0.25) is 4.79 Å². The van der Waals surface area contributed by atoms with Crippen LogP contribution >= 0.6 is 0 Å². The van der Waals surface area contributed by atoms with Crippen molar-refractivity contribution in [3.05, 3.63) is 96.1 Å². The number of likely N-dealkylation sites (tertiary alicyclic amines) is 1. The van der Waals surface area contributed by atoms with Crippen molar-refractivity contribution in [3.8, 4) is 5.75 Å². The van der Waals surface area contributed by atoms with Crippen LogP contribution in [0.1, 0.15) is 22.3 Å². The van der Waals surface area contributed by atoms with Crippen LogP contribution in [0, 0.1) is 0 Å². The van der Waals surface area contributed by atoms with Crippen molar-refractivity contribution in [2.75, 3.05) is 18.4 Å². The summed E-state index contributed by atoms with van der Waals surface area (Å²) in [5.74, 6) is 0.935. The Hall–Kier alpha value is -3.27. The van der Waals surface area contributed by atoms with Crippen molar-refractivity contribution in [1.29, 1.82) is 0 Å². The van der Waals surface area contributed by atoms with Crippen molar-refractivity contribution >= 4 is 11.6 Å². The number of nitrogens with zero attached hydrogens (tertiary/aromatic N) is 1. The molecule has 0 aliphatic carbocycles. The lowest BCUT2D eigenvalue weighted by Crippen LogP contribution is -2.31. The molecule has 0 saturated carbocycles. The van der Waals surface area contributed by atoms with E-state index in [2.05, 4.69) is 17.4 Å². The third-order valence-electron chi connectivity index (χ3n) is 4.97. The maximum absolute atomic E-state index is 12.8. The van der Waals surface area contributed by atoms with Gasteiger partial charge in [0.1, 0.15) is 12.4 Å². The zero-order valence-corrected chi connectivity index (χ0v) is 15.8. The molecule has 1 atom stereocenters. The number of benzene rings is 3. The van der Waals surface area contributed by atoms with Gasteiger partial charge in [-0.1, -0.05) is 48.5 Å². The molecule has 4 nitrogen and oxygen atoms in total. The van der Waals surface area contributed by atoms with Gasteiger partial charge in [0.25, 0.3) is 5.91 Å². The molecule has 1 aliphatic heterocycles. The first-order valence-corrected chi connectivity index (χ1v) is 9.65. The highest BCUT2D eigenvalue weighted by Crippen LogP contribution is 2.19. The quantitative estimate of drug-likeness (QED) is 0.688. The number of hydrogen-bond donors (Lipinski definition) is 1. The maximum Gasteiger partial charge on any atom is 0.253 e. The van der Waals surface area contributed by atoms with Gasteiger partial charge in [0.15, 0.2) is 0 Å². The van der Waals surface area contributed by atoms with E-state index < -0.39 is 0 Å². The van der Waals surface area contributed by atoms with E-state index in [4.69, 9.17) is 4.74 Å². The highest BCUT2D eigenvalue weighted by Gasteiger charge is 2.26. The van der Waals surface area contributed by atoms with E-state index in [0.29, 0.717) is 12.6 Å². The summed E-state index contributed by atoms with van der Waals surface area (Å²) in [5.41, 5.74) is 2.87. The Morgan fingerprint density at radius 1 is 0.929 bits per heavy atom. The molecule has 3 aromatic rings. The molecular weight excluding hydrogens is 348 g/mol. The molecule has 1 heterocycles. The highest BCUT2D eigenvalue weighted by molar-refractivity contribution is 5.94. The van der Waals surface area contributed by atoms with E-state index in [-0.39, 0.29) is 5.91 Å². The lowest BCUT2D eigenvalue weighted by atomic mass is 10.1. The molecule has 4 heteroatoms. The van der Waals surface area contributed by atoms with E-state index in [9.17, 15) is 4.79 Å². The number of carbonyl (C=O) groups is 1. The first-order chi connectivity index (χ1) is 13.8. The lowest BCUT2D eigenvalue weighted by Gasteiger charge is -2.18. The summed E-state index contributed by atoms with van der Waals surface area (Å²) in [6.45, 7) is 2.00. The Morgan fingerprint density at radius 3 is 2.32 bits per heavy atom. The molecule has 1 amide bonds. The van der Waals surface area contributed by atoms with Crippen LogP contribution in [0.5, 0.6) is 5.75 Å². The molecule has 1 N–H and O–H groups in total. The summed E-state index contributed by atoms with van der Waals surface area (Å²) in [5, 5.41) is 3.51. The largest absolute Gasteiger partial charge is 0.489 e. The molecule has 1 saturated heterocycles. The third-order valence-corrected chi connectivity index (χ3v) is 4.97. The predicted molar refractivity (Wildman–Crippen MR) is 112 cm³/mol. The van der Waals surface area contributed by atoms with Gasteiger partial charge in [0.05, 0.1) is 0 Å². The van der Waals surface area contributed by atoms with Crippen molar-refractivity contribution in [2.24, 2.45) is 0 Å². The Bertz CT molecular complexity index is 895. The molecule has 28 heavy (non-hydrogen) atoms. The minimum Gasteiger partial charge on any atom is -0.489 e. The monoisotopic (exact) mass is 372 g/mol. The molecule has 1 aliphatic rings. The minimum absolute atomic E-state index is 0.0906. The molecule has 4 rings (SSSR count). The Kier molecular flexibility index (Phi) is 5.57. The van der Waals surface area contributed by atoms with E-state index in [1.54, 1.807) is 0 Å². The van der Waals surface area contributed by atoms with Gasteiger partial charge in [-0.2, -0.15) is 0 Å². The Balaban J connectivity index is 1.31. The van der Waals surface area contributed by atoms with Crippen LogP contribution < -0.4 is 10.1 Å². The Morgan fingerprint density at radius 2 is 1.61 bits per heavy atom. The molecular formula is C24H24N2O2. The average molecular weight is 372 g/mol. The third kappa shape index (κ3) is 4.52. The van der Waals surface area contributed by atoms with Gasteiger partial charge >= 0.3 is 0 Å². The number of ether oxygens (including phenoxy) is 1. The van der Waals surface area contributed by atoms with Gasteiger partial charge in [-0.15, -0.1) is 0 Å². The van der Waals surface area contributed by atoms with E-state index in [0.717, 1.165) is 42.1 Å². The van der Waals surface area contributed by atoms with Gasteiger partial charge in [-0.05, 0) is 48.4 Å². The van der Waals surface area contributed by atoms with Crippen molar-refractivity contribution in [3.63, 3.8) is 0 Å². The topological polar surface area (TPSA) is 41.6 Å². The fraction of sp³-hybridized carbons (Fsp3) is 0.208. The summed E-state index contributed by atoms with van der Waals surface area (Å²) in [6, 6.07) is 27.9. The van der Waals surface area contributed by atoms with E-state index >= 15 is 0 Å². The van der Waals surface area contributed by atoms with Crippen LogP contribution in [0.3, 0.4) is 0 Å². The van der Waals surface area contributed by atoms with E-state index in [1.165, 1.54) is 0 Å². The minimum atomic E-state index is 0.0906. The number of nitrogens with one attached hydrogen (secondary N) is 1. The molecule has 0 spiro atoms. The smallest absolute Gasteiger partial charge is 0.253 e. The van der Waals surface area contributed by atoms with E-state index in [1.807, 2.05) is 77.7 Å². The number of amides is 1. The molecule has 3 aromatic carbocycles. The summed E-state index contributed by atoms with van der Waals surface area (Å²) in [7, 11) is 0. The SMILES string of the molecule is O=C(c1ccc(COc2ccccc2)cc1)N1CCC(Nc2ccccc2)C1. The Labute approximate surface area is 165 Å². The fourth-order valence-electron chi connectivity index (χ4n) is 3.44. The van der Waals surface area contributed by atoms with Gasteiger partial charge < -0.3 is 15.0 Å². The van der Waals surface area contributed by atoms with Crippen molar-refractivity contribution in [1.82, 2.24) is 4.90 Å². The number of hydrogen-bond acceptors (Lipinski definition) is 3. The molecule has 142 valence electrons. The zero-order chi connectivity index (χ0) is 19.2. The molecule has 1 unspecified atom stereocenters. The molecule has 0 bridgehead atoms. The average Bonchev–Trinajstić information content (AvgIpc) is 3.22. The van der Waals surface area contributed by atoms with Crippen LogP contribution in [0.2, 0.25) is 0 Å². The molecule has 0 radical (unpaired) electrons.